The second kappa shape index (κ2) is 5.70. The molecule has 14 heavy (non-hydrogen) atoms. The minimum Gasteiger partial charge on any atom is -0.481 e. The van der Waals surface area contributed by atoms with Crippen LogP contribution in [-0.2, 0) is 19.5 Å². The van der Waals surface area contributed by atoms with Crippen molar-refractivity contribution >= 4 is 11.9 Å². The summed E-state index contributed by atoms with van der Waals surface area (Å²) in [5.74, 6) is -2.33. The highest BCUT2D eigenvalue weighted by atomic mass is 17.3. The van der Waals surface area contributed by atoms with E-state index in [2.05, 4.69) is 9.88 Å². The van der Waals surface area contributed by atoms with Gasteiger partial charge >= 0.3 is 17.0 Å². The van der Waals surface area contributed by atoms with Crippen LogP contribution < -0.4 is 5.73 Å². The van der Waals surface area contributed by atoms with Crippen molar-refractivity contribution in [3.8, 4) is 0 Å². The second-order valence-electron chi connectivity index (χ2n) is 2.24. The van der Waals surface area contributed by atoms with Crippen molar-refractivity contribution < 1.29 is 29.7 Å². The van der Waals surface area contributed by atoms with Gasteiger partial charge in [-0.05, 0) is 6.42 Å². The van der Waals surface area contributed by atoms with Crippen molar-refractivity contribution in [3.63, 3.8) is 0 Å². The molecule has 0 spiro atoms. The van der Waals surface area contributed by atoms with Gasteiger partial charge < -0.3 is 10.8 Å². The van der Waals surface area contributed by atoms with Crippen LogP contribution in [0.25, 0.3) is 0 Å². The lowest BCUT2D eigenvalue weighted by molar-refractivity contribution is -0.839. The third-order valence-corrected chi connectivity index (χ3v) is 1.15. The third-order valence-electron chi connectivity index (χ3n) is 1.15. The Hall–Kier alpha value is -1.90. The number of carboxylic acids is 1. The molecule has 0 heterocycles. The number of nitrogens with zero attached hydrogens (tertiary/aromatic N) is 1. The van der Waals surface area contributed by atoms with Crippen LogP contribution in [0.15, 0.2) is 0 Å². The Labute approximate surface area is 77.4 Å². The molecule has 0 saturated heterocycles. The zero-order chi connectivity index (χ0) is 11.1. The second-order valence-corrected chi connectivity index (χ2v) is 2.24. The lowest BCUT2D eigenvalue weighted by atomic mass is 10.2. The van der Waals surface area contributed by atoms with Crippen LogP contribution in [0.5, 0.6) is 0 Å². The van der Waals surface area contributed by atoms with Crippen molar-refractivity contribution in [1.82, 2.24) is 0 Å². The van der Waals surface area contributed by atoms with Crippen molar-refractivity contribution in [2.24, 2.45) is 5.73 Å². The van der Waals surface area contributed by atoms with Crippen LogP contribution in [0, 0.1) is 10.1 Å². The van der Waals surface area contributed by atoms with Gasteiger partial charge in [0, 0.05) is 6.42 Å². The highest BCUT2D eigenvalue weighted by Gasteiger charge is 2.18. The molecule has 80 valence electrons. The average Bonchev–Trinajstić information content (AvgIpc) is 2.09. The topological polar surface area (TPSA) is 142 Å². The minimum atomic E-state index is -1.33. The van der Waals surface area contributed by atoms with E-state index in [0.717, 1.165) is 0 Å². The Kier molecular flexibility index (Phi) is 4.92. The molecule has 0 aromatic carbocycles. The van der Waals surface area contributed by atoms with E-state index in [1.165, 1.54) is 0 Å². The van der Waals surface area contributed by atoms with Gasteiger partial charge in [0.25, 0.3) is 0 Å². The quantitative estimate of drug-likeness (QED) is 0.316. The Bertz CT molecular complexity index is 240. The molecule has 0 bridgehead atoms. The van der Waals surface area contributed by atoms with E-state index in [1.807, 2.05) is 0 Å². The fraction of sp³-hybridized carbons (Fsp3) is 0.600. The van der Waals surface area contributed by atoms with Gasteiger partial charge in [-0.3, -0.25) is 9.68 Å². The fourth-order valence-electron chi connectivity index (χ4n) is 0.526. The Balaban J connectivity index is 3.76. The largest absolute Gasteiger partial charge is 0.481 e. The molecule has 0 aliphatic carbocycles. The maximum Gasteiger partial charge on any atom is 0.359 e. The summed E-state index contributed by atoms with van der Waals surface area (Å²) in [4.78, 5) is 37.2. The van der Waals surface area contributed by atoms with Gasteiger partial charge in [-0.15, -0.1) is 10.1 Å². The monoisotopic (exact) mass is 208 g/mol. The first kappa shape index (κ1) is 12.1. The molecule has 9 nitrogen and oxygen atoms in total. The molecule has 0 aromatic heterocycles. The van der Waals surface area contributed by atoms with Crippen LogP contribution in [0.1, 0.15) is 12.8 Å². The Morgan fingerprint density at radius 3 is 2.57 bits per heavy atom. The van der Waals surface area contributed by atoms with E-state index in [-0.39, 0.29) is 12.8 Å². The fourth-order valence-corrected chi connectivity index (χ4v) is 0.526. The van der Waals surface area contributed by atoms with Crippen LogP contribution in [0.3, 0.4) is 0 Å². The molecule has 0 aliphatic rings. The maximum atomic E-state index is 10.7. The van der Waals surface area contributed by atoms with Crippen molar-refractivity contribution in [2.45, 2.75) is 18.9 Å². The normalized spacial score (nSPS) is 11.5. The number of hydrogen-bond acceptors (Lipinski definition) is 7. The zero-order valence-corrected chi connectivity index (χ0v) is 6.91. The third kappa shape index (κ3) is 5.71. The van der Waals surface area contributed by atoms with E-state index in [4.69, 9.17) is 10.8 Å². The first-order chi connectivity index (χ1) is 6.43. The van der Waals surface area contributed by atoms with E-state index < -0.39 is 23.1 Å². The highest BCUT2D eigenvalue weighted by molar-refractivity contribution is 5.76. The smallest absolute Gasteiger partial charge is 0.359 e. The van der Waals surface area contributed by atoms with Gasteiger partial charge in [-0.2, -0.15) is 0 Å². The summed E-state index contributed by atoms with van der Waals surface area (Å²) in [7, 11) is 0. The first-order valence-corrected chi connectivity index (χ1v) is 3.43. The van der Waals surface area contributed by atoms with E-state index in [1.54, 1.807) is 0 Å². The standard InChI is InChI=1S/C5H8N2O7/c6-3(1-2-4(8)9)5(10)13-14-7(11)12/h3H,1-2,6H2,(H,8,9). The molecule has 9 heteroatoms. The maximum absolute atomic E-state index is 10.7. The number of carbonyl (C=O) groups excluding carboxylic acids is 1. The van der Waals surface area contributed by atoms with Crippen molar-refractivity contribution in [3.05, 3.63) is 10.1 Å². The number of aliphatic carboxylic acids is 1. The van der Waals surface area contributed by atoms with Crippen LogP contribution >= 0.6 is 0 Å². The molecule has 0 amide bonds. The van der Waals surface area contributed by atoms with Crippen molar-refractivity contribution in [1.29, 1.82) is 0 Å². The van der Waals surface area contributed by atoms with Gasteiger partial charge in [0.2, 0.25) is 0 Å². The summed E-state index contributed by atoms with van der Waals surface area (Å²) in [6.07, 6.45) is -0.524. The number of rotatable bonds is 6. The van der Waals surface area contributed by atoms with Gasteiger partial charge in [0.05, 0.1) is 0 Å². The molecular weight excluding hydrogens is 200 g/mol. The molecule has 0 saturated carbocycles. The molecule has 3 N–H and O–H groups in total. The lowest BCUT2D eigenvalue weighted by Gasteiger charge is -2.06. The molecular formula is C5H8N2O7. The van der Waals surface area contributed by atoms with E-state index >= 15 is 0 Å². The number of carbonyl (C=O) groups is 2. The van der Waals surface area contributed by atoms with E-state index in [0.29, 0.717) is 0 Å². The van der Waals surface area contributed by atoms with Gasteiger partial charge in [-0.1, -0.05) is 4.99 Å². The molecule has 0 aromatic rings. The van der Waals surface area contributed by atoms with Crippen LogP contribution in [0.4, 0.5) is 0 Å². The molecule has 0 fully saturated rings. The summed E-state index contributed by atoms with van der Waals surface area (Å²) in [6.45, 7) is 0. The zero-order valence-electron chi connectivity index (χ0n) is 6.91. The number of nitrogens with two attached hydrogens (primary N) is 1. The number of hydrogen-bond donors (Lipinski definition) is 2. The number of carboxylic acid groups (broad SMARTS) is 1. The Morgan fingerprint density at radius 1 is 1.57 bits per heavy atom. The van der Waals surface area contributed by atoms with Gasteiger partial charge in [0.15, 0.2) is 0 Å². The van der Waals surface area contributed by atoms with Gasteiger partial charge in [-0.25, -0.2) is 4.79 Å². The highest BCUT2D eigenvalue weighted by Crippen LogP contribution is 1.97. The van der Waals surface area contributed by atoms with Crippen LogP contribution in [0.2, 0.25) is 0 Å². The summed E-state index contributed by atoms with van der Waals surface area (Å²) in [6, 6.07) is -1.26. The van der Waals surface area contributed by atoms with Crippen LogP contribution in [-0.4, -0.2) is 28.2 Å². The summed E-state index contributed by atoms with van der Waals surface area (Å²) in [5, 5.41) is 16.4. The predicted molar refractivity (Wildman–Crippen MR) is 39.0 cm³/mol. The summed E-state index contributed by atoms with van der Waals surface area (Å²) < 4.78 is 0. The molecule has 0 aliphatic heterocycles. The molecule has 1 atom stereocenters. The minimum absolute atomic E-state index is 0.185. The SMILES string of the molecule is NC(CCC(=O)O)C(=O)OO[N+](=O)[O-]. The predicted octanol–water partition coefficient (Wildman–Crippen LogP) is -1.15. The average molecular weight is 208 g/mol. The summed E-state index contributed by atoms with van der Waals surface area (Å²) in [5.41, 5.74) is 5.11. The van der Waals surface area contributed by atoms with Crippen molar-refractivity contribution in [2.75, 3.05) is 0 Å². The molecule has 0 rings (SSSR count). The molecule has 1 unspecified atom stereocenters. The first-order valence-electron chi connectivity index (χ1n) is 3.43. The van der Waals surface area contributed by atoms with E-state index in [9.17, 15) is 19.7 Å². The molecule has 0 radical (unpaired) electrons. The Morgan fingerprint density at radius 2 is 2.14 bits per heavy atom. The lowest BCUT2D eigenvalue weighted by Crippen LogP contribution is -2.33. The van der Waals surface area contributed by atoms with Gasteiger partial charge in [0.1, 0.15) is 6.04 Å². The summed E-state index contributed by atoms with van der Waals surface area (Å²) >= 11 is 0.